The maximum atomic E-state index is 12.8. The molecule has 22 heavy (non-hydrogen) atoms. The molecule has 1 aromatic carbocycles. The van der Waals surface area contributed by atoms with Gasteiger partial charge in [0.2, 0.25) is 0 Å². The smallest absolute Gasteiger partial charge is 0.338 e. The van der Waals surface area contributed by atoms with Gasteiger partial charge in [-0.05, 0) is 50.2 Å². The molecule has 0 unspecified atom stereocenters. The van der Waals surface area contributed by atoms with E-state index in [0.717, 1.165) is 45.3 Å². The van der Waals surface area contributed by atoms with Crippen LogP contribution >= 0.6 is 12.4 Å². The van der Waals surface area contributed by atoms with Crippen LogP contribution in [0.3, 0.4) is 0 Å². The number of unbranched alkanes of at least 4 members (excludes halogenated alkanes) is 2. The molecule has 0 amide bonds. The van der Waals surface area contributed by atoms with Gasteiger partial charge in [0.25, 0.3) is 0 Å². The van der Waals surface area contributed by atoms with Crippen LogP contribution < -0.4 is 0 Å². The molecule has 126 valence electrons. The van der Waals surface area contributed by atoms with Gasteiger partial charge in [0, 0.05) is 6.54 Å². The number of ether oxygens (including phenoxy) is 1. The summed E-state index contributed by atoms with van der Waals surface area (Å²) in [5.74, 6) is -0.738. The van der Waals surface area contributed by atoms with Gasteiger partial charge in [0.05, 0.1) is 5.56 Å². The van der Waals surface area contributed by atoms with Crippen molar-refractivity contribution in [3.8, 4) is 0 Å². The van der Waals surface area contributed by atoms with Crippen LogP contribution in [-0.4, -0.2) is 37.1 Å². The third kappa shape index (κ3) is 8.35. The molecule has 0 bridgehead atoms. The quantitative estimate of drug-likeness (QED) is 0.598. The van der Waals surface area contributed by atoms with Gasteiger partial charge in [-0.15, -0.1) is 12.4 Å². The summed E-state index contributed by atoms with van der Waals surface area (Å²) < 4.78 is 18.0. The van der Waals surface area contributed by atoms with Gasteiger partial charge in [-0.3, -0.25) is 4.90 Å². The van der Waals surface area contributed by atoms with E-state index >= 15 is 0 Å². The van der Waals surface area contributed by atoms with Crippen LogP contribution in [0.15, 0.2) is 24.3 Å². The number of hydrogen-bond donors (Lipinski definition) is 0. The fourth-order valence-electron chi connectivity index (χ4n) is 2.04. The molecule has 1 aromatic rings. The molecule has 0 saturated carbocycles. The van der Waals surface area contributed by atoms with Crippen molar-refractivity contribution in [3.05, 3.63) is 35.6 Å². The van der Waals surface area contributed by atoms with Crippen LogP contribution in [0.5, 0.6) is 0 Å². The maximum absolute atomic E-state index is 12.8. The van der Waals surface area contributed by atoms with E-state index in [0.29, 0.717) is 12.2 Å². The summed E-state index contributed by atoms with van der Waals surface area (Å²) in [6.45, 7) is 7.57. The summed E-state index contributed by atoms with van der Waals surface area (Å²) in [5, 5.41) is 0. The minimum absolute atomic E-state index is 0. The van der Waals surface area contributed by atoms with E-state index in [2.05, 4.69) is 18.7 Å². The molecule has 0 aliphatic carbocycles. The predicted octanol–water partition coefficient (Wildman–Crippen LogP) is 4.31. The number of esters is 1. The Balaban J connectivity index is 0.00000441. The Morgan fingerprint density at radius 3 is 2.09 bits per heavy atom. The van der Waals surface area contributed by atoms with Crippen molar-refractivity contribution in [2.75, 3.05) is 26.2 Å². The van der Waals surface area contributed by atoms with E-state index in [1.165, 1.54) is 24.3 Å². The summed E-state index contributed by atoms with van der Waals surface area (Å²) in [5.41, 5.74) is 0.394. The molecule has 1 rings (SSSR count). The monoisotopic (exact) mass is 331 g/mol. The highest BCUT2D eigenvalue weighted by Crippen LogP contribution is 2.05. The van der Waals surface area contributed by atoms with Crippen LogP contribution in [-0.2, 0) is 4.74 Å². The zero-order valence-corrected chi connectivity index (χ0v) is 14.3. The first kappa shape index (κ1) is 20.9. The lowest BCUT2D eigenvalue weighted by Crippen LogP contribution is -2.30. The zero-order valence-electron chi connectivity index (χ0n) is 13.5. The topological polar surface area (TPSA) is 29.5 Å². The molecule has 0 heterocycles. The first-order valence-electron chi connectivity index (χ1n) is 7.82. The molecular weight excluding hydrogens is 305 g/mol. The summed E-state index contributed by atoms with van der Waals surface area (Å²) >= 11 is 0. The molecule has 0 spiro atoms. The molecule has 0 aromatic heterocycles. The van der Waals surface area contributed by atoms with Crippen molar-refractivity contribution >= 4 is 18.4 Å². The second-order valence-corrected chi connectivity index (χ2v) is 5.19. The van der Waals surface area contributed by atoms with Gasteiger partial charge in [0.1, 0.15) is 12.4 Å². The number of carbonyl (C=O) groups excluding carboxylic acids is 1. The first-order chi connectivity index (χ1) is 10.2. The van der Waals surface area contributed by atoms with E-state index in [1.807, 2.05) is 0 Å². The molecule has 0 N–H and O–H groups in total. The second-order valence-electron chi connectivity index (χ2n) is 5.19. The molecular formula is C17H27ClFNO2. The van der Waals surface area contributed by atoms with Crippen molar-refractivity contribution in [2.24, 2.45) is 0 Å². The molecule has 0 aliphatic heterocycles. The molecule has 0 saturated heterocycles. The third-order valence-electron chi connectivity index (χ3n) is 3.38. The number of benzene rings is 1. The summed E-state index contributed by atoms with van der Waals surface area (Å²) in [4.78, 5) is 14.1. The lowest BCUT2D eigenvalue weighted by Gasteiger charge is -2.21. The molecule has 0 atom stereocenters. The largest absolute Gasteiger partial charge is 0.461 e. The SMILES string of the molecule is CCCCN(CCCC)CCOC(=O)c1ccc(F)cc1.Cl. The van der Waals surface area contributed by atoms with Gasteiger partial charge in [-0.1, -0.05) is 26.7 Å². The highest BCUT2D eigenvalue weighted by atomic mass is 35.5. The zero-order chi connectivity index (χ0) is 15.5. The molecule has 5 heteroatoms. The van der Waals surface area contributed by atoms with Crippen molar-refractivity contribution in [3.63, 3.8) is 0 Å². The molecule has 3 nitrogen and oxygen atoms in total. The van der Waals surface area contributed by atoms with Crippen molar-refractivity contribution in [1.29, 1.82) is 0 Å². The van der Waals surface area contributed by atoms with Crippen molar-refractivity contribution < 1.29 is 13.9 Å². The van der Waals surface area contributed by atoms with Gasteiger partial charge in [-0.2, -0.15) is 0 Å². The Morgan fingerprint density at radius 1 is 1.05 bits per heavy atom. The Labute approximate surface area is 139 Å². The minimum Gasteiger partial charge on any atom is -0.461 e. The first-order valence-corrected chi connectivity index (χ1v) is 7.82. The maximum Gasteiger partial charge on any atom is 0.338 e. The van der Waals surface area contributed by atoms with E-state index < -0.39 is 0 Å². The molecule has 0 fully saturated rings. The standard InChI is InChI=1S/C17H26FNO2.ClH/c1-3-5-11-19(12-6-4-2)13-14-21-17(20)15-7-9-16(18)10-8-15;/h7-10H,3-6,11-14H2,1-2H3;1H. The fraction of sp³-hybridized carbons (Fsp3) is 0.588. The lowest BCUT2D eigenvalue weighted by atomic mass is 10.2. The second kappa shape index (κ2) is 12.4. The normalized spacial score (nSPS) is 10.4. The lowest BCUT2D eigenvalue weighted by molar-refractivity contribution is 0.0460. The predicted molar refractivity (Wildman–Crippen MR) is 90.2 cm³/mol. The molecule has 0 aliphatic rings. The summed E-state index contributed by atoms with van der Waals surface area (Å²) in [7, 11) is 0. The van der Waals surface area contributed by atoms with Crippen LogP contribution in [0.4, 0.5) is 4.39 Å². The minimum atomic E-state index is -0.388. The van der Waals surface area contributed by atoms with Gasteiger partial charge < -0.3 is 4.74 Å². The van der Waals surface area contributed by atoms with E-state index in [9.17, 15) is 9.18 Å². The number of hydrogen-bond acceptors (Lipinski definition) is 3. The Morgan fingerprint density at radius 2 is 1.59 bits per heavy atom. The Hall–Kier alpha value is -1.13. The summed E-state index contributed by atoms with van der Waals surface area (Å²) in [6, 6.07) is 5.43. The van der Waals surface area contributed by atoms with E-state index in [4.69, 9.17) is 4.74 Å². The highest BCUT2D eigenvalue weighted by molar-refractivity contribution is 5.89. The highest BCUT2D eigenvalue weighted by Gasteiger charge is 2.09. The average molecular weight is 332 g/mol. The van der Waals surface area contributed by atoms with Crippen molar-refractivity contribution in [2.45, 2.75) is 39.5 Å². The van der Waals surface area contributed by atoms with Crippen LogP contribution in [0, 0.1) is 5.82 Å². The fourth-order valence-corrected chi connectivity index (χ4v) is 2.04. The molecule has 0 radical (unpaired) electrons. The number of halogens is 2. The van der Waals surface area contributed by atoms with Gasteiger partial charge in [0.15, 0.2) is 0 Å². The number of carbonyl (C=O) groups is 1. The van der Waals surface area contributed by atoms with Gasteiger partial charge in [-0.25, -0.2) is 9.18 Å². The third-order valence-corrected chi connectivity index (χ3v) is 3.38. The van der Waals surface area contributed by atoms with E-state index in [-0.39, 0.29) is 24.2 Å². The number of nitrogens with zero attached hydrogens (tertiary/aromatic N) is 1. The van der Waals surface area contributed by atoms with E-state index in [1.54, 1.807) is 0 Å². The number of rotatable bonds is 10. The van der Waals surface area contributed by atoms with Crippen LogP contribution in [0.1, 0.15) is 49.9 Å². The summed E-state index contributed by atoms with van der Waals surface area (Å²) in [6.07, 6.45) is 4.65. The van der Waals surface area contributed by atoms with Crippen molar-refractivity contribution in [1.82, 2.24) is 4.90 Å². The van der Waals surface area contributed by atoms with Crippen LogP contribution in [0.25, 0.3) is 0 Å². The van der Waals surface area contributed by atoms with Crippen LogP contribution in [0.2, 0.25) is 0 Å². The Kier molecular flexibility index (Phi) is 11.8. The Bertz CT molecular complexity index is 404. The van der Waals surface area contributed by atoms with Gasteiger partial charge >= 0.3 is 5.97 Å². The average Bonchev–Trinajstić information content (AvgIpc) is 2.50.